The first-order chi connectivity index (χ1) is 12.8. The van der Waals surface area contributed by atoms with Crippen molar-refractivity contribution in [2.75, 3.05) is 16.3 Å². The third-order valence-electron chi connectivity index (χ3n) is 4.51. The van der Waals surface area contributed by atoms with E-state index in [0.717, 1.165) is 30.4 Å². The van der Waals surface area contributed by atoms with Crippen LogP contribution in [0.15, 0.2) is 42.5 Å². The van der Waals surface area contributed by atoms with Crippen molar-refractivity contribution in [3.05, 3.63) is 53.6 Å². The van der Waals surface area contributed by atoms with Crippen molar-refractivity contribution in [3.63, 3.8) is 0 Å². The predicted molar refractivity (Wildman–Crippen MR) is 107 cm³/mol. The molecule has 0 atom stereocenters. The Morgan fingerprint density at radius 2 is 1.74 bits per heavy atom. The minimum absolute atomic E-state index is 0.291. The molecule has 7 heteroatoms. The highest BCUT2D eigenvalue weighted by Crippen LogP contribution is 2.25. The van der Waals surface area contributed by atoms with E-state index in [1.165, 1.54) is 18.9 Å². The Hall–Kier alpha value is -2.54. The summed E-state index contributed by atoms with van der Waals surface area (Å²) in [5.41, 5.74) is 2.16. The van der Waals surface area contributed by atoms with Crippen LogP contribution in [0.5, 0.6) is 5.75 Å². The van der Waals surface area contributed by atoms with Gasteiger partial charge in [0.2, 0.25) is 10.0 Å². The number of aryl methyl sites for hydroxylation is 1. The Morgan fingerprint density at radius 3 is 2.37 bits per heavy atom. The zero-order valence-corrected chi connectivity index (χ0v) is 16.3. The van der Waals surface area contributed by atoms with Crippen molar-refractivity contribution in [1.29, 1.82) is 0 Å². The second-order valence-corrected chi connectivity index (χ2v) is 8.66. The molecule has 3 rings (SSSR count). The molecule has 0 aliphatic heterocycles. The Labute approximate surface area is 160 Å². The highest BCUT2D eigenvalue weighted by Gasteiger charge is 2.16. The molecule has 144 valence electrons. The van der Waals surface area contributed by atoms with E-state index in [1.807, 2.05) is 12.1 Å². The summed E-state index contributed by atoms with van der Waals surface area (Å²) in [4.78, 5) is 12.5. The van der Waals surface area contributed by atoms with Gasteiger partial charge in [0.25, 0.3) is 5.91 Å². The highest BCUT2D eigenvalue weighted by molar-refractivity contribution is 7.92. The second-order valence-electron chi connectivity index (χ2n) is 6.91. The normalized spacial score (nSPS) is 14.7. The molecule has 1 saturated carbocycles. The number of nitrogens with one attached hydrogen (secondary N) is 2. The van der Waals surface area contributed by atoms with Crippen LogP contribution in [0.1, 0.15) is 41.6 Å². The molecule has 0 unspecified atom stereocenters. The van der Waals surface area contributed by atoms with Gasteiger partial charge in [-0.3, -0.25) is 9.52 Å². The quantitative estimate of drug-likeness (QED) is 0.785. The summed E-state index contributed by atoms with van der Waals surface area (Å²) in [6.07, 6.45) is 5.98. The molecule has 6 nitrogen and oxygen atoms in total. The fourth-order valence-electron chi connectivity index (χ4n) is 3.09. The summed E-state index contributed by atoms with van der Waals surface area (Å²) < 4.78 is 31.3. The van der Waals surface area contributed by atoms with Gasteiger partial charge < -0.3 is 10.1 Å². The standard InChI is InChI=1S/C20H24N2O4S/c1-14-7-8-15(13-19(14)22-27(2,24)25)20(23)21-16-9-11-18(12-10-16)26-17-5-3-4-6-17/h7-13,17,22H,3-6H2,1-2H3,(H,21,23). The number of anilines is 2. The molecule has 1 aliphatic carbocycles. The Bertz CT molecular complexity index is 917. The summed E-state index contributed by atoms with van der Waals surface area (Å²) in [5, 5.41) is 2.82. The van der Waals surface area contributed by atoms with E-state index >= 15 is 0 Å². The average Bonchev–Trinajstić information content (AvgIpc) is 3.10. The van der Waals surface area contributed by atoms with Gasteiger partial charge in [0.1, 0.15) is 5.75 Å². The zero-order chi connectivity index (χ0) is 19.4. The fraction of sp³-hybridized carbons (Fsp3) is 0.350. The lowest BCUT2D eigenvalue weighted by Gasteiger charge is -2.14. The van der Waals surface area contributed by atoms with Gasteiger partial charge in [-0.1, -0.05) is 6.07 Å². The van der Waals surface area contributed by atoms with Gasteiger partial charge >= 0.3 is 0 Å². The van der Waals surface area contributed by atoms with Crippen molar-refractivity contribution >= 4 is 27.3 Å². The summed E-state index contributed by atoms with van der Waals surface area (Å²) >= 11 is 0. The van der Waals surface area contributed by atoms with Crippen molar-refractivity contribution in [2.24, 2.45) is 0 Å². The number of amides is 1. The number of benzene rings is 2. The van der Waals surface area contributed by atoms with E-state index in [4.69, 9.17) is 4.74 Å². The lowest BCUT2D eigenvalue weighted by molar-refractivity contribution is 0.102. The first-order valence-corrected chi connectivity index (χ1v) is 10.9. The first-order valence-electron chi connectivity index (χ1n) is 8.97. The van der Waals surface area contributed by atoms with Crippen LogP contribution in [-0.2, 0) is 10.0 Å². The molecule has 1 aliphatic rings. The highest BCUT2D eigenvalue weighted by atomic mass is 32.2. The minimum atomic E-state index is -3.41. The molecule has 0 bridgehead atoms. The monoisotopic (exact) mass is 388 g/mol. The van der Waals surface area contributed by atoms with E-state index in [2.05, 4.69) is 10.0 Å². The van der Waals surface area contributed by atoms with E-state index < -0.39 is 10.0 Å². The van der Waals surface area contributed by atoms with E-state index in [1.54, 1.807) is 31.2 Å². The third kappa shape index (κ3) is 5.47. The van der Waals surface area contributed by atoms with Crippen molar-refractivity contribution in [3.8, 4) is 5.75 Å². The van der Waals surface area contributed by atoms with E-state index in [0.29, 0.717) is 23.0 Å². The van der Waals surface area contributed by atoms with Gasteiger partial charge in [-0.15, -0.1) is 0 Å². The lowest BCUT2D eigenvalue weighted by atomic mass is 10.1. The number of rotatable bonds is 6. The van der Waals surface area contributed by atoms with Crippen LogP contribution in [0.4, 0.5) is 11.4 Å². The summed E-state index contributed by atoms with van der Waals surface area (Å²) in [6.45, 7) is 1.78. The number of carbonyl (C=O) groups excluding carboxylic acids is 1. The smallest absolute Gasteiger partial charge is 0.255 e. The summed E-state index contributed by atoms with van der Waals surface area (Å²) in [7, 11) is -3.41. The molecule has 2 aromatic carbocycles. The molecule has 1 amide bonds. The average molecular weight is 388 g/mol. The van der Waals surface area contributed by atoms with Gasteiger partial charge in [0.15, 0.2) is 0 Å². The second kappa shape index (κ2) is 8.00. The molecular weight excluding hydrogens is 364 g/mol. The lowest BCUT2D eigenvalue weighted by Crippen LogP contribution is -2.15. The van der Waals surface area contributed by atoms with Crippen molar-refractivity contribution in [1.82, 2.24) is 0 Å². The van der Waals surface area contributed by atoms with Crippen LogP contribution in [0.3, 0.4) is 0 Å². The van der Waals surface area contributed by atoms with Crippen LogP contribution in [0, 0.1) is 6.92 Å². The summed E-state index contributed by atoms with van der Waals surface area (Å²) in [6, 6.07) is 12.2. The number of carbonyl (C=O) groups is 1. The van der Waals surface area contributed by atoms with Crippen molar-refractivity contribution in [2.45, 2.75) is 38.7 Å². The van der Waals surface area contributed by atoms with Crippen LogP contribution >= 0.6 is 0 Å². The Morgan fingerprint density at radius 1 is 1.07 bits per heavy atom. The Balaban J connectivity index is 1.67. The number of ether oxygens (including phenoxy) is 1. The zero-order valence-electron chi connectivity index (χ0n) is 15.5. The Kier molecular flexibility index (Phi) is 5.70. The van der Waals surface area contributed by atoms with Crippen LogP contribution in [-0.4, -0.2) is 26.7 Å². The number of hydrogen-bond acceptors (Lipinski definition) is 4. The van der Waals surface area contributed by atoms with Crippen LogP contribution in [0.2, 0.25) is 0 Å². The van der Waals surface area contributed by atoms with Gasteiger partial charge in [-0.25, -0.2) is 8.42 Å². The maximum atomic E-state index is 12.5. The van der Waals surface area contributed by atoms with E-state index in [9.17, 15) is 13.2 Å². The first kappa shape index (κ1) is 19.2. The largest absolute Gasteiger partial charge is 0.490 e. The molecule has 0 saturated heterocycles. The van der Waals surface area contributed by atoms with Crippen LogP contribution in [0.25, 0.3) is 0 Å². The predicted octanol–water partition coefficient (Wildman–Crippen LogP) is 3.94. The molecule has 0 spiro atoms. The number of hydrogen-bond donors (Lipinski definition) is 2. The molecule has 0 radical (unpaired) electrons. The van der Waals surface area contributed by atoms with Gasteiger partial charge in [0, 0.05) is 11.3 Å². The fourth-order valence-corrected chi connectivity index (χ4v) is 3.71. The van der Waals surface area contributed by atoms with Gasteiger partial charge in [-0.05, 0) is 74.6 Å². The molecule has 2 aromatic rings. The SMILES string of the molecule is Cc1ccc(C(=O)Nc2ccc(OC3CCCC3)cc2)cc1NS(C)(=O)=O. The minimum Gasteiger partial charge on any atom is -0.490 e. The topological polar surface area (TPSA) is 84.5 Å². The molecular formula is C20H24N2O4S. The molecule has 0 aromatic heterocycles. The van der Waals surface area contributed by atoms with Crippen molar-refractivity contribution < 1.29 is 17.9 Å². The molecule has 0 heterocycles. The van der Waals surface area contributed by atoms with E-state index in [-0.39, 0.29) is 5.91 Å². The molecule has 1 fully saturated rings. The summed E-state index contributed by atoms with van der Waals surface area (Å²) in [5.74, 6) is 0.492. The van der Waals surface area contributed by atoms with Gasteiger partial charge in [0.05, 0.1) is 18.0 Å². The molecule has 27 heavy (non-hydrogen) atoms. The third-order valence-corrected chi connectivity index (χ3v) is 5.10. The maximum Gasteiger partial charge on any atom is 0.255 e. The van der Waals surface area contributed by atoms with Gasteiger partial charge in [-0.2, -0.15) is 0 Å². The number of sulfonamides is 1. The maximum absolute atomic E-state index is 12.5. The molecule has 2 N–H and O–H groups in total. The van der Waals surface area contributed by atoms with Crippen LogP contribution < -0.4 is 14.8 Å².